The number of amides is 1. The number of nitrogens with zero attached hydrogens (tertiary/aromatic N) is 2. The Labute approximate surface area is 179 Å². The van der Waals surface area contributed by atoms with Gasteiger partial charge >= 0.3 is 5.97 Å². The van der Waals surface area contributed by atoms with Crippen LogP contribution in [-0.2, 0) is 6.42 Å². The number of nitrogens with one attached hydrogen (secondary N) is 1. The Bertz CT molecular complexity index is 1070. The Hall–Kier alpha value is -3.32. The number of carboxylic acid groups (broad SMARTS) is 1. The molecule has 0 saturated heterocycles. The molecule has 30 heavy (non-hydrogen) atoms. The summed E-state index contributed by atoms with van der Waals surface area (Å²) >= 11 is 6.06. The van der Waals surface area contributed by atoms with E-state index in [2.05, 4.69) is 10.5 Å². The lowest BCUT2D eigenvalue weighted by Gasteiger charge is -2.22. The number of benzene rings is 2. The van der Waals surface area contributed by atoms with E-state index >= 15 is 0 Å². The zero-order chi connectivity index (χ0) is 21.8. The van der Waals surface area contributed by atoms with Gasteiger partial charge in [0.15, 0.2) is 0 Å². The molecule has 0 atom stereocenters. The maximum absolute atomic E-state index is 12.5. The topological polar surface area (TPSA) is 95.7 Å². The summed E-state index contributed by atoms with van der Waals surface area (Å²) in [6.07, 6.45) is 0.668. The van der Waals surface area contributed by atoms with Gasteiger partial charge < -0.3 is 19.8 Å². The van der Waals surface area contributed by atoms with Crippen molar-refractivity contribution in [3.63, 3.8) is 0 Å². The zero-order valence-electron chi connectivity index (χ0n) is 16.9. The maximum Gasteiger partial charge on any atom is 0.337 e. The summed E-state index contributed by atoms with van der Waals surface area (Å²) < 4.78 is 5.18. The minimum Gasteiger partial charge on any atom is -0.478 e. The molecule has 0 fully saturated rings. The molecule has 0 unspecified atom stereocenters. The summed E-state index contributed by atoms with van der Waals surface area (Å²) in [6, 6.07) is 11.5. The van der Waals surface area contributed by atoms with Crippen LogP contribution in [0.25, 0.3) is 0 Å². The molecule has 1 aromatic heterocycles. The van der Waals surface area contributed by atoms with Gasteiger partial charge in [-0.15, -0.1) is 0 Å². The molecule has 156 valence electrons. The lowest BCUT2D eigenvalue weighted by atomic mass is 10.1. The molecular weight excluding hydrogens is 406 g/mol. The highest BCUT2D eigenvalue weighted by atomic mass is 35.5. The monoisotopic (exact) mass is 427 g/mol. The van der Waals surface area contributed by atoms with Gasteiger partial charge in [-0.2, -0.15) is 0 Å². The Morgan fingerprint density at radius 1 is 1.17 bits per heavy atom. The number of rotatable bonds is 7. The van der Waals surface area contributed by atoms with E-state index in [0.29, 0.717) is 34.9 Å². The van der Waals surface area contributed by atoms with Gasteiger partial charge in [0.25, 0.3) is 5.91 Å². The van der Waals surface area contributed by atoms with Crippen molar-refractivity contribution < 1.29 is 19.2 Å². The maximum atomic E-state index is 12.5. The summed E-state index contributed by atoms with van der Waals surface area (Å²) in [5.41, 5.74) is 3.18. The molecule has 2 aromatic carbocycles. The molecule has 7 nitrogen and oxygen atoms in total. The van der Waals surface area contributed by atoms with Crippen molar-refractivity contribution in [2.75, 3.05) is 23.8 Å². The number of aromatic nitrogens is 1. The molecule has 0 spiro atoms. The fourth-order valence-electron chi connectivity index (χ4n) is 3.22. The van der Waals surface area contributed by atoms with Gasteiger partial charge in [-0.3, -0.25) is 4.79 Å². The third-order valence-corrected chi connectivity index (χ3v) is 5.22. The van der Waals surface area contributed by atoms with Crippen LogP contribution in [0.2, 0.25) is 5.02 Å². The average molecular weight is 428 g/mol. The molecule has 0 radical (unpaired) electrons. The molecule has 3 aromatic rings. The van der Waals surface area contributed by atoms with Gasteiger partial charge in [0.1, 0.15) is 5.76 Å². The van der Waals surface area contributed by atoms with Crippen LogP contribution in [0.4, 0.5) is 11.4 Å². The highest BCUT2D eigenvalue weighted by molar-refractivity contribution is 6.34. The van der Waals surface area contributed by atoms with Gasteiger partial charge in [0.2, 0.25) is 0 Å². The van der Waals surface area contributed by atoms with Crippen molar-refractivity contribution in [2.45, 2.75) is 20.3 Å². The normalized spacial score (nSPS) is 10.7. The van der Waals surface area contributed by atoms with Crippen molar-refractivity contribution >= 4 is 34.9 Å². The number of hydrogen-bond acceptors (Lipinski definition) is 5. The standard InChI is InChI=1S/C22H22ClN3O4/c1-13-16(14(2)30-25-13)10-11-26(3)20-9-8-15(12-18(20)22(28)29)24-21(27)17-6-4-5-7-19(17)23/h4-9,12H,10-11H2,1-3H3,(H,24,27)(H,28,29). The Morgan fingerprint density at radius 2 is 1.90 bits per heavy atom. The van der Waals surface area contributed by atoms with Crippen LogP contribution in [0.15, 0.2) is 47.0 Å². The van der Waals surface area contributed by atoms with E-state index in [9.17, 15) is 14.7 Å². The highest BCUT2D eigenvalue weighted by Gasteiger charge is 2.18. The zero-order valence-corrected chi connectivity index (χ0v) is 17.7. The van der Waals surface area contributed by atoms with Gasteiger partial charge in [-0.1, -0.05) is 28.9 Å². The summed E-state index contributed by atoms with van der Waals surface area (Å²) in [7, 11) is 1.82. The fourth-order valence-corrected chi connectivity index (χ4v) is 3.44. The minimum atomic E-state index is -1.08. The predicted molar refractivity (Wildman–Crippen MR) is 116 cm³/mol. The number of aryl methyl sites for hydroxylation is 2. The van der Waals surface area contributed by atoms with Crippen molar-refractivity contribution in [1.29, 1.82) is 0 Å². The van der Waals surface area contributed by atoms with E-state index in [1.165, 1.54) is 6.07 Å². The lowest BCUT2D eigenvalue weighted by Crippen LogP contribution is -2.23. The SMILES string of the molecule is Cc1noc(C)c1CCN(C)c1ccc(NC(=O)c2ccccc2Cl)cc1C(=O)O. The first-order valence-corrected chi connectivity index (χ1v) is 9.72. The second-order valence-electron chi connectivity index (χ2n) is 6.95. The van der Waals surface area contributed by atoms with E-state index in [1.54, 1.807) is 36.4 Å². The lowest BCUT2D eigenvalue weighted by molar-refractivity contribution is 0.0697. The predicted octanol–water partition coefficient (Wildman–Crippen LogP) is 4.57. The molecule has 1 heterocycles. The summed E-state index contributed by atoms with van der Waals surface area (Å²) in [6.45, 7) is 4.31. The third kappa shape index (κ3) is 4.63. The molecule has 0 aliphatic heterocycles. The number of carboxylic acids is 1. The van der Waals surface area contributed by atoms with Crippen molar-refractivity contribution in [3.8, 4) is 0 Å². The molecular formula is C22H22ClN3O4. The Balaban J connectivity index is 1.78. The van der Waals surface area contributed by atoms with Gasteiger partial charge in [-0.25, -0.2) is 4.79 Å². The second-order valence-corrected chi connectivity index (χ2v) is 7.35. The third-order valence-electron chi connectivity index (χ3n) is 4.89. The second kappa shape index (κ2) is 9.00. The molecule has 0 saturated carbocycles. The fraction of sp³-hybridized carbons (Fsp3) is 0.227. The largest absolute Gasteiger partial charge is 0.478 e. The molecule has 0 bridgehead atoms. The Morgan fingerprint density at radius 3 is 2.53 bits per heavy atom. The van der Waals surface area contributed by atoms with Crippen molar-refractivity contribution in [2.24, 2.45) is 0 Å². The Kier molecular flexibility index (Phi) is 6.42. The van der Waals surface area contributed by atoms with E-state index in [4.69, 9.17) is 16.1 Å². The number of carbonyl (C=O) groups excluding carboxylic acids is 1. The van der Waals surface area contributed by atoms with Crippen LogP contribution < -0.4 is 10.2 Å². The summed E-state index contributed by atoms with van der Waals surface area (Å²) in [5.74, 6) is -0.725. The number of anilines is 2. The van der Waals surface area contributed by atoms with Crippen LogP contribution in [0.5, 0.6) is 0 Å². The molecule has 8 heteroatoms. The smallest absolute Gasteiger partial charge is 0.337 e. The van der Waals surface area contributed by atoms with Gasteiger partial charge in [-0.05, 0) is 50.6 Å². The van der Waals surface area contributed by atoms with Crippen LogP contribution in [0, 0.1) is 13.8 Å². The van der Waals surface area contributed by atoms with Crippen molar-refractivity contribution in [1.82, 2.24) is 5.16 Å². The first kappa shape index (κ1) is 21.4. The number of carbonyl (C=O) groups is 2. The van der Waals surface area contributed by atoms with E-state index in [0.717, 1.165) is 17.0 Å². The number of hydrogen-bond donors (Lipinski definition) is 2. The van der Waals surface area contributed by atoms with E-state index in [-0.39, 0.29) is 5.56 Å². The first-order valence-electron chi connectivity index (χ1n) is 9.34. The molecule has 0 aliphatic carbocycles. The highest BCUT2D eigenvalue weighted by Crippen LogP contribution is 2.26. The average Bonchev–Trinajstić information content (AvgIpc) is 3.03. The van der Waals surface area contributed by atoms with E-state index < -0.39 is 11.9 Å². The number of halogens is 1. The van der Waals surface area contributed by atoms with Gasteiger partial charge in [0.05, 0.1) is 27.5 Å². The van der Waals surface area contributed by atoms with Crippen LogP contribution in [-0.4, -0.2) is 35.7 Å². The summed E-state index contributed by atoms with van der Waals surface area (Å²) in [5, 5.41) is 16.7. The van der Waals surface area contributed by atoms with E-state index in [1.807, 2.05) is 25.8 Å². The number of likely N-dealkylation sites (N-methyl/N-ethyl adjacent to an activating group) is 1. The van der Waals surface area contributed by atoms with Crippen molar-refractivity contribution in [3.05, 3.63) is 75.6 Å². The van der Waals surface area contributed by atoms with Crippen LogP contribution >= 0.6 is 11.6 Å². The quantitative estimate of drug-likeness (QED) is 0.573. The van der Waals surface area contributed by atoms with Gasteiger partial charge in [0, 0.05) is 24.8 Å². The molecule has 2 N–H and O–H groups in total. The molecule has 0 aliphatic rings. The molecule has 3 rings (SSSR count). The summed E-state index contributed by atoms with van der Waals surface area (Å²) in [4.78, 5) is 26.2. The molecule has 1 amide bonds. The first-order chi connectivity index (χ1) is 14.3. The van der Waals surface area contributed by atoms with Crippen LogP contribution in [0.1, 0.15) is 37.7 Å². The number of aromatic carboxylic acids is 1. The minimum absolute atomic E-state index is 0.0909. The van der Waals surface area contributed by atoms with Crippen LogP contribution in [0.3, 0.4) is 0 Å².